The first-order valence-electron chi connectivity index (χ1n) is 4.65. The predicted molar refractivity (Wildman–Crippen MR) is 60.9 cm³/mol. The number of rotatable bonds is 5. The summed E-state index contributed by atoms with van der Waals surface area (Å²) in [4.78, 5) is 27.9. The van der Waals surface area contributed by atoms with Gasteiger partial charge in [0.1, 0.15) is 6.33 Å². The molecule has 0 aliphatic heterocycles. The van der Waals surface area contributed by atoms with Crippen LogP contribution >= 0.6 is 11.6 Å². The number of nitro groups is 1. The molecule has 0 aromatic carbocycles. The molecule has 1 aromatic rings. The minimum Gasteiger partial charge on any atom is -0.362 e. The number of hydrogen-bond donors (Lipinski definition) is 2. The van der Waals surface area contributed by atoms with E-state index >= 15 is 0 Å². The van der Waals surface area contributed by atoms with Crippen LogP contribution in [0.4, 0.5) is 11.5 Å². The molecule has 17 heavy (non-hydrogen) atoms. The molecule has 0 saturated carbocycles. The summed E-state index contributed by atoms with van der Waals surface area (Å²) in [6.07, 6.45) is 1.12. The average molecular weight is 260 g/mol. The van der Waals surface area contributed by atoms with Crippen LogP contribution in [-0.2, 0) is 4.79 Å². The summed E-state index contributed by atoms with van der Waals surface area (Å²) in [6, 6.07) is 0. The van der Waals surface area contributed by atoms with Gasteiger partial charge in [0.15, 0.2) is 0 Å². The third-order valence-electron chi connectivity index (χ3n) is 1.75. The minimum absolute atomic E-state index is 0.0281. The van der Waals surface area contributed by atoms with Crippen molar-refractivity contribution in [2.75, 3.05) is 18.4 Å². The van der Waals surface area contributed by atoms with Crippen LogP contribution in [0.3, 0.4) is 0 Å². The van der Waals surface area contributed by atoms with Gasteiger partial charge in [0.2, 0.25) is 16.9 Å². The van der Waals surface area contributed by atoms with Crippen LogP contribution in [0, 0.1) is 10.1 Å². The van der Waals surface area contributed by atoms with E-state index in [2.05, 4.69) is 20.6 Å². The quantitative estimate of drug-likeness (QED) is 0.346. The summed E-state index contributed by atoms with van der Waals surface area (Å²) in [6.45, 7) is 2.01. The number of anilines is 1. The Hall–Kier alpha value is -1.96. The van der Waals surface area contributed by atoms with Crippen LogP contribution in [-0.4, -0.2) is 33.9 Å². The van der Waals surface area contributed by atoms with Crippen molar-refractivity contribution >= 4 is 29.0 Å². The van der Waals surface area contributed by atoms with Crippen molar-refractivity contribution in [2.24, 2.45) is 0 Å². The number of amides is 1. The third-order valence-corrected chi connectivity index (χ3v) is 2.03. The van der Waals surface area contributed by atoms with Crippen LogP contribution in [0.25, 0.3) is 0 Å². The first-order valence-corrected chi connectivity index (χ1v) is 5.03. The van der Waals surface area contributed by atoms with Gasteiger partial charge in [-0.25, -0.2) is 9.97 Å². The van der Waals surface area contributed by atoms with Gasteiger partial charge in [-0.3, -0.25) is 14.9 Å². The summed E-state index contributed by atoms with van der Waals surface area (Å²) >= 11 is 5.59. The zero-order valence-corrected chi connectivity index (χ0v) is 9.69. The van der Waals surface area contributed by atoms with E-state index in [0.717, 1.165) is 6.33 Å². The van der Waals surface area contributed by atoms with Crippen molar-refractivity contribution in [1.82, 2.24) is 15.3 Å². The summed E-state index contributed by atoms with van der Waals surface area (Å²) in [5.41, 5.74) is -0.378. The van der Waals surface area contributed by atoms with Crippen molar-refractivity contribution < 1.29 is 9.72 Å². The largest absolute Gasteiger partial charge is 0.362 e. The SMILES string of the molecule is CC(=O)NCCNc1ncnc(Cl)c1[N+](=O)[O-]. The molecular formula is C8H10ClN5O3. The molecular weight excluding hydrogens is 250 g/mol. The van der Waals surface area contributed by atoms with Crippen molar-refractivity contribution in [1.29, 1.82) is 0 Å². The first-order chi connectivity index (χ1) is 8.02. The van der Waals surface area contributed by atoms with E-state index in [1.54, 1.807) is 0 Å². The molecule has 0 fully saturated rings. The molecule has 0 spiro atoms. The van der Waals surface area contributed by atoms with Crippen LogP contribution in [0.5, 0.6) is 0 Å². The fourth-order valence-corrected chi connectivity index (χ4v) is 1.27. The Labute approximate surface area is 102 Å². The summed E-state index contributed by atoms with van der Waals surface area (Å²) in [7, 11) is 0. The van der Waals surface area contributed by atoms with E-state index in [-0.39, 0.29) is 22.6 Å². The molecule has 1 amide bonds. The number of nitrogens with one attached hydrogen (secondary N) is 2. The molecule has 0 saturated heterocycles. The number of carbonyl (C=O) groups is 1. The Morgan fingerprint density at radius 2 is 2.24 bits per heavy atom. The molecule has 8 nitrogen and oxygen atoms in total. The van der Waals surface area contributed by atoms with E-state index in [1.807, 2.05) is 0 Å². The van der Waals surface area contributed by atoms with E-state index < -0.39 is 4.92 Å². The fraction of sp³-hybridized carbons (Fsp3) is 0.375. The molecule has 0 radical (unpaired) electrons. The van der Waals surface area contributed by atoms with Crippen LogP contribution in [0.1, 0.15) is 6.92 Å². The van der Waals surface area contributed by atoms with Gasteiger partial charge in [-0.05, 0) is 0 Å². The molecule has 0 aliphatic rings. The maximum atomic E-state index is 10.7. The van der Waals surface area contributed by atoms with Crippen molar-refractivity contribution in [3.05, 3.63) is 21.6 Å². The highest BCUT2D eigenvalue weighted by Gasteiger charge is 2.20. The molecule has 0 aliphatic carbocycles. The van der Waals surface area contributed by atoms with E-state index in [9.17, 15) is 14.9 Å². The van der Waals surface area contributed by atoms with Gasteiger partial charge in [0, 0.05) is 20.0 Å². The number of hydrogen-bond acceptors (Lipinski definition) is 6. The maximum absolute atomic E-state index is 10.7. The number of nitrogens with zero attached hydrogens (tertiary/aromatic N) is 3. The molecule has 0 bridgehead atoms. The van der Waals surface area contributed by atoms with Gasteiger partial charge in [0.25, 0.3) is 0 Å². The molecule has 0 unspecified atom stereocenters. The fourth-order valence-electron chi connectivity index (χ4n) is 1.07. The highest BCUT2D eigenvalue weighted by Crippen LogP contribution is 2.27. The smallest absolute Gasteiger partial charge is 0.348 e. The monoisotopic (exact) mass is 259 g/mol. The Morgan fingerprint density at radius 3 is 2.82 bits per heavy atom. The average Bonchev–Trinajstić information content (AvgIpc) is 2.23. The summed E-state index contributed by atoms with van der Waals surface area (Å²) in [5.74, 6) is -0.151. The van der Waals surface area contributed by atoms with Crippen LogP contribution in [0.15, 0.2) is 6.33 Å². The Kier molecular flexibility index (Phi) is 4.58. The molecule has 2 N–H and O–H groups in total. The second kappa shape index (κ2) is 5.94. The van der Waals surface area contributed by atoms with Gasteiger partial charge in [-0.1, -0.05) is 11.6 Å². The van der Waals surface area contributed by atoms with Gasteiger partial charge >= 0.3 is 5.69 Å². The van der Waals surface area contributed by atoms with Gasteiger partial charge in [-0.15, -0.1) is 0 Å². The Balaban J connectivity index is 2.67. The number of carbonyl (C=O) groups excluding carboxylic acids is 1. The van der Waals surface area contributed by atoms with Crippen molar-refractivity contribution in [3.8, 4) is 0 Å². The molecule has 9 heteroatoms. The molecule has 1 aromatic heterocycles. The number of halogens is 1. The summed E-state index contributed by atoms with van der Waals surface area (Å²) in [5, 5.41) is 15.7. The Bertz CT molecular complexity index is 439. The highest BCUT2D eigenvalue weighted by molar-refractivity contribution is 6.31. The second-order valence-corrected chi connectivity index (χ2v) is 3.39. The zero-order valence-electron chi connectivity index (χ0n) is 8.94. The predicted octanol–water partition coefficient (Wildman–Crippen LogP) is 0.586. The van der Waals surface area contributed by atoms with E-state index in [1.165, 1.54) is 6.92 Å². The van der Waals surface area contributed by atoms with Gasteiger partial charge in [-0.2, -0.15) is 0 Å². The lowest BCUT2D eigenvalue weighted by molar-refractivity contribution is -0.384. The lowest BCUT2D eigenvalue weighted by Crippen LogP contribution is -2.26. The van der Waals surface area contributed by atoms with Crippen LogP contribution < -0.4 is 10.6 Å². The lowest BCUT2D eigenvalue weighted by atomic mass is 10.4. The molecule has 1 rings (SSSR count). The topological polar surface area (TPSA) is 110 Å². The molecule has 1 heterocycles. The number of aromatic nitrogens is 2. The second-order valence-electron chi connectivity index (χ2n) is 3.03. The van der Waals surface area contributed by atoms with E-state index in [4.69, 9.17) is 11.6 Å². The summed E-state index contributed by atoms with van der Waals surface area (Å²) < 4.78 is 0. The first kappa shape index (κ1) is 13.1. The van der Waals surface area contributed by atoms with Gasteiger partial charge < -0.3 is 10.6 Å². The zero-order chi connectivity index (χ0) is 12.8. The standard InChI is InChI=1S/C8H10ClN5O3/c1-5(15)10-2-3-11-8-6(14(16)17)7(9)12-4-13-8/h4H,2-3H2,1H3,(H,10,15)(H,11,12,13). The van der Waals surface area contributed by atoms with Gasteiger partial charge in [0.05, 0.1) is 4.92 Å². The van der Waals surface area contributed by atoms with Crippen LogP contribution in [0.2, 0.25) is 5.15 Å². The maximum Gasteiger partial charge on any atom is 0.348 e. The normalized spacial score (nSPS) is 9.76. The molecule has 92 valence electrons. The van der Waals surface area contributed by atoms with Crippen molar-refractivity contribution in [3.63, 3.8) is 0 Å². The minimum atomic E-state index is -0.664. The van der Waals surface area contributed by atoms with Crippen molar-refractivity contribution in [2.45, 2.75) is 6.92 Å². The lowest BCUT2D eigenvalue weighted by Gasteiger charge is -2.06. The third kappa shape index (κ3) is 3.83. The highest BCUT2D eigenvalue weighted by atomic mass is 35.5. The molecule has 0 atom stereocenters. The Morgan fingerprint density at radius 1 is 1.53 bits per heavy atom. The van der Waals surface area contributed by atoms with E-state index in [0.29, 0.717) is 13.1 Å².